The number of nitrogens with one attached hydrogen (secondary N) is 2. The van der Waals surface area contributed by atoms with Crippen LogP contribution in [0.5, 0.6) is 5.75 Å². The Labute approximate surface area is 180 Å². The topological polar surface area (TPSA) is 104 Å². The third kappa shape index (κ3) is 4.37. The summed E-state index contributed by atoms with van der Waals surface area (Å²) in [6.07, 6.45) is 7.68. The zero-order valence-electron chi connectivity index (χ0n) is 17.2. The van der Waals surface area contributed by atoms with Gasteiger partial charge in [0.15, 0.2) is 5.82 Å². The summed E-state index contributed by atoms with van der Waals surface area (Å²) in [6.45, 7) is 2.63. The van der Waals surface area contributed by atoms with Crippen LogP contribution in [0.1, 0.15) is 31.4 Å². The summed E-state index contributed by atoms with van der Waals surface area (Å²) in [5.41, 5.74) is 2.92. The number of nitrogens with zero attached hydrogens (tertiary/aromatic N) is 4. The lowest BCUT2D eigenvalue weighted by Gasteiger charge is -2.23. The van der Waals surface area contributed by atoms with Crippen LogP contribution in [0, 0.1) is 23.2 Å². The molecular weight excluding hydrogens is 392 g/mol. The highest BCUT2D eigenvalue weighted by atomic mass is 16.5. The second-order valence-electron chi connectivity index (χ2n) is 8.28. The molecule has 1 amide bonds. The third-order valence-corrected chi connectivity index (χ3v) is 5.83. The lowest BCUT2D eigenvalue weighted by molar-refractivity contribution is -0.117. The van der Waals surface area contributed by atoms with E-state index in [0.717, 1.165) is 55.4 Å². The van der Waals surface area contributed by atoms with E-state index in [9.17, 15) is 10.1 Å². The number of hydrogen-bond donors (Lipinski definition) is 2. The highest BCUT2D eigenvalue weighted by Crippen LogP contribution is 2.33. The van der Waals surface area contributed by atoms with Gasteiger partial charge in [0.2, 0.25) is 5.91 Å². The van der Waals surface area contributed by atoms with E-state index in [1.807, 2.05) is 24.4 Å². The van der Waals surface area contributed by atoms with Gasteiger partial charge in [0.05, 0.1) is 18.3 Å². The first-order valence-electron chi connectivity index (χ1n) is 10.7. The number of aromatic nitrogens is 3. The molecule has 31 heavy (non-hydrogen) atoms. The molecule has 1 aliphatic heterocycles. The fraction of sp³-hybridized carbons (Fsp3) is 0.391. The normalized spacial score (nSPS) is 18.5. The van der Waals surface area contributed by atoms with Crippen molar-refractivity contribution in [2.45, 2.75) is 25.7 Å². The van der Waals surface area contributed by atoms with Crippen molar-refractivity contribution in [2.75, 3.05) is 25.0 Å². The van der Waals surface area contributed by atoms with E-state index in [0.29, 0.717) is 29.8 Å². The number of carbonyl (C=O) groups is 1. The smallest absolute Gasteiger partial charge is 0.228 e. The lowest BCUT2D eigenvalue weighted by Crippen LogP contribution is -2.33. The molecule has 2 fully saturated rings. The Morgan fingerprint density at radius 1 is 1.32 bits per heavy atom. The molecule has 8 nitrogen and oxygen atoms in total. The standard InChI is InChI=1S/C23H24N6O2/c24-11-18-9-20(21(13-26-18)31-14-15-2-1-6-25-12-15)17-5-7-29-19(8-17)10-22(28-29)27-23(30)16-3-4-16/h5,7-10,13,15-16,25H,1-4,6,12,14H2,(H,27,28,30)/t15-/m1/s1. The van der Waals surface area contributed by atoms with Gasteiger partial charge < -0.3 is 15.4 Å². The number of amides is 1. The van der Waals surface area contributed by atoms with Gasteiger partial charge in [0.1, 0.15) is 17.5 Å². The van der Waals surface area contributed by atoms with Crippen LogP contribution in [-0.4, -0.2) is 40.2 Å². The summed E-state index contributed by atoms with van der Waals surface area (Å²) >= 11 is 0. The first-order chi connectivity index (χ1) is 15.2. The minimum atomic E-state index is 0.0318. The Bertz CT molecular complexity index is 1150. The van der Waals surface area contributed by atoms with Crippen molar-refractivity contribution in [2.24, 2.45) is 11.8 Å². The van der Waals surface area contributed by atoms with Crippen LogP contribution in [0.25, 0.3) is 16.6 Å². The van der Waals surface area contributed by atoms with Gasteiger partial charge in [-0.15, -0.1) is 0 Å². The van der Waals surface area contributed by atoms with E-state index < -0.39 is 0 Å². The molecule has 0 aromatic carbocycles. The maximum Gasteiger partial charge on any atom is 0.228 e. The average molecular weight is 416 g/mol. The quantitative estimate of drug-likeness (QED) is 0.640. The number of anilines is 1. The highest BCUT2D eigenvalue weighted by molar-refractivity contribution is 5.93. The minimum absolute atomic E-state index is 0.0318. The van der Waals surface area contributed by atoms with Gasteiger partial charge in [-0.25, -0.2) is 9.50 Å². The van der Waals surface area contributed by atoms with Gasteiger partial charge in [0, 0.05) is 36.2 Å². The molecule has 0 radical (unpaired) electrons. The van der Waals surface area contributed by atoms with Crippen LogP contribution in [0.4, 0.5) is 5.82 Å². The number of hydrogen-bond acceptors (Lipinski definition) is 6. The number of fused-ring (bicyclic) bond motifs is 1. The van der Waals surface area contributed by atoms with Crippen molar-refractivity contribution >= 4 is 17.2 Å². The van der Waals surface area contributed by atoms with Crippen molar-refractivity contribution in [1.82, 2.24) is 19.9 Å². The number of piperidine rings is 1. The third-order valence-electron chi connectivity index (χ3n) is 5.83. The zero-order valence-corrected chi connectivity index (χ0v) is 17.2. The average Bonchev–Trinajstić information content (AvgIpc) is 3.58. The predicted molar refractivity (Wildman–Crippen MR) is 116 cm³/mol. The second kappa shape index (κ2) is 8.36. The monoisotopic (exact) mass is 416 g/mol. The number of carbonyl (C=O) groups excluding carboxylic acids is 1. The van der Waals surface area contributed by atoms with Gasteiger partial charge in [-0.05, 0) is 56.0 Å². The summed E-state index contributed by atoms with van der Waals surface area (Å²) in [5.74, 6) is 1.83. The highest BCUT2D eigenvalue weighted by Gasteiger charge is 2.30. The summed E-state index contributed by atoms with van der Waals surface area (Å²) in [6, 6.07) is 9.62. The number of ether oxygens (including phenoxy) is 1. The summed E-state index contributed by atoms with van der Waals surface area (Å²) in [7, 11) is 0. The predicted octanol–water partition coefficient (Wildman–Crippen LogP) is 2.99. The number of pyridine rings is 2. The summed E-state index contributed by atoms with van der Waals surface area (Å²) < 4.78 is 7.87. The van der Waals surface area contributed by atoms with E-state index >= 15 is 0 Å². The summed E-state index contributed by atoms with van der Waals surface area (Å²) in [4.78, 5) is 16.2. The van der Waals surface area contributed by atoms with Crippen molar-refractivity contribution in [3.8, 4) is 22.9 Å². The summed E-state index contributed by atoms with van der Waals surface area (Å²) in [5, 5.41) is 20.0. The number of nitriles is 1. The molecule has 158 valence electrons. The Kier molecular flexibility index (Phi) is 5.26. The Morgan fingerprint density at radius 2 is 2.23 bits per heavy atom. The second-order valence-corrected chi connectivity index (χ2v) is 8.28. The van der Waals surface area contributed by atoms with Crippen LogP contribution < -0.4 is 15.4 Å². The van der Waals surface area contributed by atoms with Gasteiger partial charge in [0.25, 0.3) is 0 Å². The Balaban J connectivity index is 1.41. The fourth-order valence-corrected chi connectivity index (χ4v) is 3.92. The molecule has 1 saturated heterocycles. The lowest BCUT2D eigenvalue weighted by atomic mass is 10.0. The van der Waals surface area contributed by atoms with Gasteiger partial charge in [-0.3, -0.25) is 4.79 Å². The molecule has 0 bridgehead atoms. The molecule has 1 aliphatic carbocycles. The SMILES string of the molecule is N#Cc1cc(-c2ccn3nc(NC(=O)C4CC4)cc3c2)c(OC[C@@H]2CCCNC2)cn1. The molecular formula is C23H24N6O2. The molecule has 0 spiro atoms. The molecule has 3 aromatic heterocycles. The Hall–Kier alpha value is -3.44. The van der Waals surface area contributed by atoms with Gasteiger partial charge in [-0.1, -0.05) is 0 Å². The van der Waals surface area contributed by atoms with Gasteiger partial charge >= 0.3 is 0 Å². The fourth-order valence-electron chi connectivity index (χ4n) is 3.92. The molecule has 5 rings (SSSR count). The maximum absolute atomic E-state index is 12.0. The molecule has 8 heteroatoms. The largest absolute Gasteiger partial charge is 0.491 e. The van der Waals surface area contributed by atoms with E-state index in [2.05, 4.69) is 26.8 Å². The molecule has 1 saturated carbocycles. The Morgan fingerprint density at radius 3 is 3.00 bits per heavy atom. The molecule has 0 unspecified atom stereocenters. The molecule has 4 heterocycles. The number of rotatable bonds is 6. The first-order valence-corrected chi connectivity index (χ1v) is 10.7. The van der Waals surface area contributed by atoms with E-state index in [4.69, 9.17) is 4.74 Å². The van der Waals surface area contributed by atoms with Crippen LogP contribution in [0.3, 0.4) is 0 Å². The van der Waals surface area contributed by atoms with Crippen molar-refractivity contribution in [3.63, 3.8) is 0 Å². The molecule has 2 aliphatic rings. The van der Waals surface area contributed by atoms with Crippen molar-refractivity contribution in [1.29, 1.82) is 5.26 Å². The zero-order chi connectivity index (χ0) is 21.2. The van der Waals surface area contributed by atoms with Crippen LogP contribution in [0.15, 0.2) is 36.7 Å². The van der Waals surface area contributed by atoms with E-state index in [1.165, 1.54) is 0 Å². The van der Waals surface area contributed by atoms with Crippen LogP contribution >= 0.6 is 0 Å². The minimum Gasteiger partial charge on any atom is -0.491 e. The van der Waals surface area contributed by atoms with Crippen molar-refractivity contribution < 1.29 is 9.53 Å². The molecule has 3 aromatic rings. The van der Waals surface area contributed by atoms with Crippen LogP contribution in [-0.2, 0) is 4.79 Å². The van der Waals surface area contributed by atoms with Crippen LogP contribution in [0.2, 0.25) is 0 Å². The first kappa shape index (κ1) is 19.5. The van der Waals surface area contributed by atoms with E-state index in [1.54, 1.807) is 16.8 Å². The maximum atomic E-state index is 12.0. The van der Waals surface area contributed by atoms with E-state index in [-0.39, 0.29) is 11.8 Å². The molecule has 2 N–H and O–H groups in total. The van der Waals surface area contributed by atoms with Gasteiger partial charge in [-0.2, -0.15) is 10.4 Å². The molecule has 1 atom stereocenters. The van der Waals surface area contributed by atoms with Crippen molar-refractivity contribution in [3.05, 3.63) is 42.4 Å².